The van der Waals surface area contributed by atoms with Crippen LogP contribution in [0.15, 0.2) is 29.4 Å². The highest BCUT2D eigenvalue weighted by atomic mass is 32.2. The van der Waals surface area contributed by atoms with Crippen molar-refractivity contribution in [1.82, 2.24) is 14.9 Å². The summed E-state index contributed by atoms with van der Waals surface area (Å²) in [6, 6.07) is 7.73. The van der Waals surface area contributed by atoms with Crippen molar-refractivity contribution in [3.8, 4) is 0 Å². The van der Waals surface area contributed by atoms with Crippen molar-refractivity contribution < 1.29 is 9.90 Å². The molecule has 1 atom stereocenters. The van der Waals surface area contributed by atoms with Gasteiger partial charge in [0.05, 0.1) is 28.4 Å². The normalized spacial score (nSPS) is 19.0. The number of aliphatic hydroxyl groups is 1. The molecule has 2 heterocycles. The molecule has 1 aromatic carbocycles. The molecule has 1 amide bonds. The number of rotatable bonds is 4. The minimum atomic E-state index is -0.851. The fraction of sp³-hybridized carbons (Fsp3) is 0.500. The lowest BCUT2D eigenvalue weighted by molar-refractivity contribution is -0.133. The highest BCUT2D eigenvalue weighted by molar-refractivity contribution is 7.99. The Hall–Kier alpha value is -1.53. The van der Waals surface area contributed by atoms with Crippen LogP contribution in [0.1, 0.15) is 26.7 Å². The van der Waals surface area contributed by atoms with E-state index >= 15 is 0 Å². The SMILES string of the molecule is CC(C)(O)C1CCCN1C(=O)CSc1nc2ccccc2[nH]1. The molecule has 2 N–H and O–H groups in total. The lowest BCUT2D eigenvalue weighted by Gasteiger charge is -2.33. The van der Waals surface area contributed by atoms with Crippen LogP contribution in [0, 0.1) is 0 Å². The first-order valence-corrected chi connectivity index (χ1v) is 8.53. The number of aromatic amines is 1. The Kier molecular flexibility index (Phi) is 4.14. The molecule has 1 aliphatic rings. The molecule has 1 fully saturated rings. The summed E-state index contributed by atoms with van der Waals surface area (Å²) in [6.45, 7) is 4.28. The molecule has 0 aliphatic carbocycles. The average Bonchev–Trinajstić information content (AvgIpc) is 3.10. The molecule has 118 valence electrons. The summed E-state index contributed by atoms with van der Waals surface area (Å²) in [4.78, 5) is 21.9. The molecule has 0 spiro atoms. The van der Waals surface area contributed by atoms with Gasteiger partial charge >= 0.3 is 0 Å². The monoisotopic (exact) mass is 319 g/mol. The third kappa shape index (κ3) is 3.13. The number of hydrogen-bond donors (Lipinski definition) is 2. The van der Waals surface area contributed by atoms with Crippen LogP contribution in [-0.4, -0.2) is 49.8 Å². The van der Waals surface area contributed by atoms with Gasteiger partial charge in [0.15, 0.2) is 5.16 Å². The van der Waals surface area contributed by atoms with Crippen molar-refractivity contribution >= 4 is 28.7 Å². The minimum absolute atomic E-state index is 0.0649. The zero-order valence-corrected chi connectivity index (χ0v) is 13.7. The smallest absolute Gasteiger partial charge is 0.233 e. The maximum absolute atomic E-state index is 12.4. The van der Waals surface area contributed by atoms with Gasteiger partial charge in [-0.1, -0.05) is 23.9 Å². The van der Waals surface area contributed by atoms with Crippen LogP contribution >= 0.6 is 11.8 Å². The fourth-order valence-corrected chi connectivity index (χ4v) is 3.78. The van der Waals surface area contributed by atoms with Crippen LogP contribution in [0.5, 0.6) is 0 Å². The molecule has 0 saturated carbocycles. The highest BCUT2D eigenvalue weighted by Crippen LogP contribution is 2.28. The van der Waals surface area contributed by atoms with E-state index in [1.165, 1.54) is 11.8 Å². The number of hydrogen-bond acceptors (Lipinski definition) is 4. The molecule has 1 aliphatic heterocycles. The quantitative estimate of drug-likeness (QED) is 0.849. The van der Waals surface area contributed by atoms with E-state index in [0.717, 1.165) is 35.6 Å². The van der Waals surface area contributed by atoms with E-state index < -0.39 is 5.60 Å². The predicted molar refractivity (Wildman–Crippen MR) is 87.9 cm³/mol. The van der Waals surface area contributed by atoms with E-state index in [4.69, 9.17) is 0 Å². The Morgan fingerprint density at radius 3 is 3.00 bits per heavy atom. The van der Waals surface area contributed by atoms with Gasteiger partial charge in [-0.15, -0.1) is 0 Å². The summed E-state index contributed by atoms with van der Waals surface area (Å²) in [5.41, 5.74) is 1.04. The molecule has 1 saturated heterocycles. The number of H-pyrrole nitrogens is 1. The average molecular weight is 319 g/mol. The Morgan fingerprint density at radius 1 is 1.50 bits per heavy atom. The van der Waals surface area contributed by atoms with E-state index in [-0.39, 0.29) is 11.9 Å². The number of nitrogens with one attached hydrogen (secondary N) is 1. The maximum Gasteiger partial charge on any atom is 0.233 e. The topological polar surface area (TPSA) is 69.2 Å². The van der Waals surface area contributed by atoms with Crippen LogP contribution in [0.4, 0.5) is 0 Å². The number of nitrogens with zero attached hydrogens (tertiary/aromatic N) is 2. The number of carbonyl (C=O) groups is 1. The third-order valence-electron chi connectivity index (χ3n) is 4.09. The van der Waals surface area contributed by atoms with Crippen LogP contribution in [0.2, 0.25) is 0 Å². The van der Waals surface area contributed by atoms with Gasteiger partial charge in [-0.05, 0) is 38.8 Å². The summed E-state index contributed by atoms with van der Waals surface area (Å²) in [7, 11) is 0. The van der Waals surface area contributed by atoms with E-state index in [9.17, 15) is 9.90 Å². The first-order chi connectivity index (χ1) is 10.4. The van der Waals surface area contributed by atoms with Gasteiger partial charge in [-0.25, -0.2) is 4.98 Å². The van der Waals surface area contributed by atoms with Crippen molar-refractivity contribution in [3.63, 3.8) is 0 Å². The van der Waals surface area contributed by atoms with Crippen molar-refractivity contribution in [1.29, 1.82) is 0 Å². The van der Waals surface area contributed by atoms with Crippen LogP contribution in [-0.2, 0) is 4.79 Å². The van der Waals surface area contributed by atoms with Crippen LogP contribution in [0.3, 0.4) is 0 Å². The predicted octanol–water partition coefficient (Wildman–Crippen LogP) is 2.42. The standard InChI is InChI=1S/C16H21N3O2S/c1-16(2,21)13-8-5-9-19(13)14(20)10-22-15-17-11-6-3-4-7-12(11)18-15/h3-4,6-7,13,21H,5,8-10H2,1-2H3,(H,17,18). The van der Waals surface area contributed by atoms with Gasteiger partial charge in [0.2, 0.25) is 5.91 Å². The molecule has 1 unspecified atom stereocenters. The zero-order valence-electron chi connectivity index (χ0n) is 12.9. The fourth-order valence-electron chi connectivity index (χ4n) is 3.01. The van der Waals surface area contributed by atoms with Gasteiger partial charge in [0, 0.05) is 6.54 Å². The van der Waals surface area contributed by atoms with E-state index in [1.807, 2.05) is 29.2 Å². The van der Waals surface area contributed by atoms with E-state index in [0.29, 0.717) is 5.75 Å². The van der Waals surface area contributed by atoms with Gasteiger partial charge in [-0.2, -0.15) is 0 Å². The van der Waals surface area contributed by atoms with Crippen LogP contribution < -0.4 is 0 Å². The lowest BCUT2D eigenvalue weighted by Crippen LogP contribution is -2.48. The molecular weight excluding hydrogens is 298 g/mol. The lowest BCUT2D eigenvalue weighted by atomic mass is 9.97. The zero-order chi connectivity index (χ0) is 15.7. The molecule has 5 nitrogen and oxygen atoms in total. The highest BCUT2D eigenvalue weighted by Gasteiger charge is 2.38. The van der Waals surface area contributed by atoms with Crippen molar-refractivity contribution in [2.45, 2.75) is 43.5 Å². The number of carbonyl (C=O) groups excluding carboxylic acids is 1. The largest absolute Gasteiger partial charge is 0.388 e. The number of fused-ring (bicyclic) bond motifs is 1. The number of imidazole rings is 1. The Labute approximate surface area is 134 Å². The van der Waals surface area contributed by atoms with E-state index in [1.54, 1.807) is 13.8 Å². The molecular formula is C16H21N3O2S. The summed E-state index contributed by atoms with van der Waals surface area (Å²) in [5, 5.41) is 11.0. The first-order valence-electron chi connectivity index (χ1n) is 7.54. The van der Waals surface area contributed by atoms with Gasteiger partial charge in [0.1, 0.15) is 0 Å². The van der Waals surface area contributed by atoms with E-state index in [2.05, 4.69) is 9.97 Å². The minimum Gasteiger partial charge on any atom is -0.388 e. The second kappa shape index (κ2) is 5.93. The molecule has 3 rings (SSSR count). The third-order valence-corrected chi connectivity index (χ3v) is 4.95. The number of amides is 1. The molecule has 22 heavy (non-hydrogen) atoms. The first kappa shape index (κ1) is 15.4. The van der Waals surface area contributed by atoms with Crippen molar-refractivity contribution in [3.05, 3.63) is 24.3 Å². The van der Waals surface area contributed by atoms with Gasteiger partial charge in [-0.3, -0.25) is 4.79 Å². The summed E-state index contributed by atoms with van der Waals surface area (Å²) in [6.07, 6.45) is 1.82. The number of benzene rings is 1. The second-order valence-corrected chi connectivity index (χ2v) is 7.21. The maximum atomic E-state index is 12.4. The Bertz CT molecular complexity index is 644. The van der Waals surface area contributed by atoms with Gasteiger partial charge in [0.25, 0.3) is 0 Å². The summed E-state index contributed by atoms with van der Waals surface area (Å²) < 4.78 is 0. The second-order valence-electron chi connectivity index (χ2n) is 6.25. The summed E-state index contributed by atoms with van der Waals surface area (Å²) >= 11 is 1.41. The number of para-hydroxylation sites is 2. The number of thioether (sulfide) groups is 1. The van der Waals surface area contributed by atoms with Crippen molar-refractivity contribution in [2.24, 2.45) is 0 Å². The Morgan fingerprint density at radius 2 is 2.27 bits per heavy atom. The number of aromatic nitrogens is 2. The molecule has 1 aromatic heterocycles. The molecule has 0 radical (unpaired) electrons. The van der Waals surface area contributed by atoms with Gasteiger partial charge < -0.3 is 15.0 Å². The number of likely N-dealkylation sites (tertiary alicyclic amines) is 1. The van der Waals surface area contributed by atoms with Crippen molar-refractivity contribution in [2.75, 3.05) is 12.3 Å². The molecule has 2 aromatic rings. The summed E-state index contributed by atoms with van der Waals surface area (Å²) in [5.74, 6) is 0.405. The molecule has 6 heteroatoms. The molecule has 0 bridgehead atoms. The Balaban J connectivity index is 1.64. The van der Waals surface area contributed by atoms with Crippen LogP contribution in [0.25, 0.3) is 11.0 Å².